The second-order valence-corrected chi connectivity index (χ2v) is 3.98. The van der Waals surface area contributed by atoms with Gasteiger partial charge in [0.2, 0.25) is 0 Å². The average Bonchev–Trinajstić information content (AvgIpc) is 2.49. The van der Waals surface area contributed by atoms with E-state index < -0.39 is 5.97 Å². The monoisotopic (exact) mass is 273 g/mol. The van der Waals surface area contributed by atoms with Gasteiger partial charge in [-0.05, 0) is 24.3 Å². The highest BCUT2D eigenvalue weighted by Gasteiger charge is 2.10. The number of aromatic nitrogens is 1. The van der Waals surface area contributed by atoms with E-state index >= 15 is 0 Å². The number of carbonyl (C=O) groups excluding carboxylic acids is 1. The van der Waals surface area contributed by atoms with E-state index in [0.717, 1.165) is 5.69 Å². The quantitative estimate of drug-likeness (QED) is 0.830. The SMILES string of the molecule is COC(=O)c1ccc(N)c(Nc2cccc(OC)c2)n1. The summed E-state index contributed by atoms with van der Waals surface area (Å²) >= 11 is 0. The van der Waals surface area contributed by atoms with Gasteiger partial charge in [0, 0.05) is 11.8 Å². The first kappa shape index (κ1) is 13.7. The van der Waals surface area contributed by atoms with Crippen LogP contribution in [0.4, 0.5) is 17.2 Å². The fourth-order valence-electron chi connectivity index (χ4n) is 1.63. The van der Waals surface area contributed by atoms with Crippen LogP contribution in [0.5, 0.6) is 5.75 Å². The normalized spacial score (nSPS) is 9.90. The van der Waals surface area contributed by atoms with Crippen molar-refractivity contribution in [1.29, 1.82) is 0 Å². The molecule has 0 fully saturated rings. The molecule has 0 unspecified atom stereocenters. The van der Waals surface area contributed by atoms with Crippen LogP contribution in [0.15, 0.2) is 36.4 Å². The summed E-state index contributed by atoms with van der Waals surface area (Å²) in [5.74, 6) is 0.581. The standard InChI is InChI=1S/C14H15N3O3/c1-19-10-5-3-4-9(8-10)16-13-11(15)6-7-12(17-13)14(18)20-2/h3-8H,15H2,1-2H3,(H,16,17). The molecule has 1 heterocycles. The molecule has 3 N–H and O–H groups in total. The number of pyridine rings is 1. The summed E-state index contributed by atoms with van der Waals surface area (Å²) in [6.07, 6.45) is 0. The summed E-state index contributed by atoms with van der Waals surface area (Å²) in [6, 6.07) is 10.4. The molecule has 0 amide bonds. The van der Waals surface area contributed by atoms with E-state index in [1.54, 1.807) is 19.2 Å². The molecule has 1 aromatic heterocycles. The van der Waals surface area contributed by atoms with Crippen LogP contribution in [-0.2, 0) is 4.74 Å². The van der Waals surface area contributed by atoms with Crippen LogP contribution in [0.25, 0.3) is 0 Å². The number of esters is 1. The Morgan fingerprint density at radius 2 is 2.05 bits per heavy atom. The molecular weight excluding hydrogens is 258 g/mol. The fourth-order valence-corrected chi connectivity index (χ4v) is 1.63. The van der Waals surface area contributed by atoms with Gasteiger partial charge in [-0.2, -0.15) is 0 Å². The van der Waals surface area contributed by atoms with Gasteiger partial charge in [0.05, 0.1) is 19.9 Å². The highest BCUT2D eigenvalue weighted by Crippen LogP contribution is 2.24. The summed E-state index contributed by atoms with van der Waals surface area (Å²) in [5.41, 5.74) is 7.21. The highest BCUT2D eigenvalue weighted by molar-refractivity contribution is 5.88. The van der Waals surface area contributed by atoms with E-state index in [2.05, 4.69) is 15.0 Å². The molecule has 0 saturated heterocycles. The van der Waals surface area contributed by atoms with Crippen molar-refractivity contribution in [1.82, 2.24) is 4.98 Å². The molecule has 0 saturated carbocycles. The van der Waals surface area contributed by atoms with E-state index in [0.29, 0.717) is 17.3 Å². The molecule has 0 radical (unpaired) electrons. The number of methoxy groups -OCH3 is 2. The lowest BCUT2D eigenvalue weighted by Crippen LogP contribution is -2.07. The molecule has 2 aromatic rings. The van der Waals surface area contributed by atoms with Crippen LogP contribution in [0.3, 0.4) is 0 Å². The molecule has 1 aromatic carbocycles. The predicted octanol–water partition coefficient (Wildman–Crippen LogP) is 2.20. The predicted molar refractivity (Wildman–Crippen MR) is 76.3 cm³/mol. The third kappa shape index (κ3) is 2.97. The first-order valence-electron chi connectivity index (χ1n) is 5.90. The van der Waals surface area contributed by atoms with Crippen LogP contribution in [0.2, 0.25) is 0 Å². The minimum atomic E-state index is -0.515. The fraction of sp³-hybridized carbons (Fsp3) is 0.143. The number of ether oxygens (including phenoxy) is 2. The van der Waals surface area contributed by atoms with Crippen molar-refractivity contribution < 1.29 is 14.3 Å². The second kappa shape index (κ2) is 5.92. The first-order valence-corrected chi connectivity index (χ1v) is 5.90. The summed E-state index contributed by atoms with van der Waals surface area (Å²) in [7, 11) is 2.89. The largest absolute Gasteiger partial charge is 0.497 e. The van der Waals surface area contributed by atoms with Crippen LogP contribution in [0, 0.1) is 0 Å². The summed E-state index contributed by atoms with van der Waals surface area (Å²) in [4.78, 5) is 15.6. The van der Waals surface area contributed by atoms with E-state index in [-0.39, 0.29) is 5.69 Å². The molecule has 0 aliphatic rings. The van der Waals surface area contributed by atoms with Crippen molar-refractivity contribution in [2.45, 2.75) is 0 Å². The Labute approximate surface area is 116 Å². The molecular formula is C14H15N3O3. The number of rotatable bonds is 4. The number of nitrogens with one attached hydrogen (secondary N) is 1. The average molecular weight is 273 g/mol. The van der Waals surface area contributed by atoms with Crippen LogP contribution in [-0.4, -0.2) is 25.2 Å². The number of nitrogens with zero attached hydrogens (tertiary/aromatic N) is 1. The Morgan fingerprint density at radius 3 is 2.75 bits per heavy atom. The first-order chi connectivity index (χ1) is 9.63. The van der Waals surface area contributed by atoms with Crippen LogP contribution < -0.4 is 15.8 Å². The molecule has 0 aliphatic carbocycles. The lowest BCUT2D eigenvalue weighted by atomic mass is 10.2. The minimum absolute atomic E-state index is 0.187. The lowest BCUT2D eigenvalue weighted by Gasteiger charge is -2.10. The number of benzene rings is 1. The summed E-state index contributed by atoms with van der Waals surface area (Å²) < 4.78 is 9.76. The number of hydrogen-bond donors (Lipinski definition) is 2. The van der Waals surface area contributed by atoms with Gasteiger partial charge < -0.3 is 20.5 Å². The van der Waals surface area contributed by atoms with Crippen molar-refractivity contribution in [2.24, 2.45) is 0 Å². The summed E-state index contributed by atoms with van der Waals surface area (Å²) in [6.45, 7) is 0. The molecule has 0 spiro atoms. The third-order valence-electron chi connectivity index (χ3n) is 2.65. The van der Waals surface area contributed by atoms with Crippen molar-refractivity contribution >= 4 is 23.2 Å². The Balaban J connectivity index is 2.30. The van der Waals surface area contributed by atoms with Gasteiger partial charge in [0.25, 0.3) is 0 Å². The highest BCUT2D eigenvalue weighted by atomic mass is 16.5. The van der Waals surface area contributed by atoms with Crippen molar-refractivity contribution in [3.05, 3.63) is 42.1 Å². The van der Waals surface area contributed by atoms with Gasteiger partial charge in [0.1, 0.15) is 5.75 Å². The van der Waals surface area contributed by atoms with Crippen LogP contribution >= 0.6 is 0 Å². The molecule has 6 heteroatoms. The molecule has 2 rings (SSSR count). The third-order valence-corrected chi connectivity index (χ3v) is 2.65. The van der Waals surface area contributed by atoms with Gasteiger partial charge in [-0.3, -0.25) is 0 Å². The molecule has 0 aliphatic heterocycles. The zero-order valence-corrected chi connectivity index (χ0v) is 11.2. The van der Waals surface area contributed by atoms with E-state index in [1.165, 1.54) is 13.2 Å². The van der Waals surface area contributed by atoms with Gasteiger partial charge >= 0.3 is 5.97 Å². The summed E-state index contributed by atoms with van der Waals surface area (Å²) in [5, 5.41) is 3.04. The molecule has 104 valence electrons. The smallest absolute Gasteiger partial charge is 0.356 e. The number of nitrogens with two attached hydrogens (primary N) is 1. The topological polar surface area (TPSA) is 86.5 Å². The zero-order chi connectivity index (χ0) is 14.5. The van der Waals surface area contributed by atoms with Gasteiger partial charge in [-0.15, -0.1) is 0 Å². The minimum Gasteiger partial charge on any atom is -0.497 e. The van der Waals surface area contributed by atoms with Crippen molar-refractivity contribution in [2.75, 3.05) is 25.3 Å². The molecule has 6 nitrogen and oxygen atoms in total. The van der Waals surface area contributed by atoms with Gasteiger partial charge in [-0.1, -0.05) is 6.07 Å². The maximum absolute atomic E-state index is 11.5. The van der Waals surface area contributed by atoms with Gasteiger partial charge in [-0.25, -0.2) is 9.78 Å². The molecule has 20 heavy (non-hydrogen) atoms. The van der Waals surface area contributed by atoms with Gasteiger partial charge in [0.15, 0.2) is 11.5 Å². The molecule has 0 bridgehead atoms. The second-order valence-electron chi connectivity index (χ2n) is 3.98. The Hall–Kier alpha value is -2.76. The van der Waals surface area contributed by atoms with E-state index in [1.807, 2.05) is 18.2 Å². The Kier molecular flexibility index (Phi) is 4.05. The van der Waals surface area contributed by atoms with Crippen molar-refractivity contribution in [3.8, 4) is 5.75 Å². The Bertz CT molecular complexity index is 629. The van der Waals surface area contributed by atoms with E-state index in [9.17, 15) is 4.79 Å². The van der Waals surface area contributed by atoms with Crippen LogP contribution in [0.1, 0.15) is 10.5 Å². The van der Waals surface area contributed by atoms with Crippen molar-refractivity contribution in [3.63, 3.8) is 0 Å². The number of nitrogen functional groups attached to an aromatic ring is 1. The number of carbonyl (C=O) groups is 1. The zero-order valence-electron chi connectivity index (χ0n) is 11.2. The maximum atomic E-state index is 11.5. The number of hydrogen-bond acceptors (Lipinski definition) is 6. The molecule has 0 atom stereocenters. The number of anilines is 3. The lowest BCUT2D eigenvalue weighted by molar-refractivity contribution is 0.0594. The maximum Gasteiger partial charge on any atom is 0.356 e. The Morgan fingerprint density at radius 1 is 1.25 bits per heavy atom. The van der Waals surface area contributed by atoms with E-state index in [4.69, 9.17) is 10.5 Å².